The first-order valence-electron chi connectivity index (χ1n) is 7.21. The lowest BCUT2D eigenvalue weighted by Crippen LogP contribution is -2.47. The first-order chi connectivity index (χ1) is 10.6. The van der Waals surface area contributed by atoms with Crippen LogP contribution in [0.5, 0.6) is 0 Å². The van der Waals surface area contributed by atoms with Crippen molar-refractivity contribution >= 4 is 18.3 Å². The molecule has 0 heterocycles. The summed E-state index contributed by atoms with van der Waals surface area (Å²) < 4.78 is 9.94. The van der Waals surface area contributed by atoms with Crippen LogP contribution in [0.25, 0.3) is 0 Å². The van der Waals surface area contributed by atoms with Crippen molar-refractivity contribution in [3.05, 3.63) is 35.9 Å². The third-order valence-electron chi connectivity index (χ3n) is 3.10. The number of benzene rings is 1. The van der Waals surface area contributed by atoms with Gasteiger partial charge in [0, 0.05) is 5.92 Å². The van der Waals surface area contributed by atoms with Crippen LogP contribution in [0.15, 0.2) is 30.3 Å². The fraction of sp³-hybridized carbons (Fsp3) is 0.438. The van der Waals surface area contributed by atoms with E-state index >= 15 is 0 Å². The third kappa shape index (κ3) is 5.55. The standard InChI is InChI=1S/C16H21NO5/c1-3-13(10-18)14(15(19)21-4-2)17-16(20)22-11-12-8-6-5-7-9-12/h5-10,13-14H,3-4,11H2,1-2H3,(H,17,20)/t13-,14-/m0/s1. The predicted molar refractivity (Wildman–Crippen MR) is 80.0 cm³/mol. The molecule has 0 saturated heterocycles. The van der Waals surface area contributed by atoms with Gasteiger partial charge in [0.2, 0.25) is 0 Å². The van der Waals surface area contributed by atoms with Crippen LogP contribution in [0.4, 0.5) is 4.79 Å². The second-order valence-electron chi connectivity index (χ2n) is 4.64. The quantitative estimate of drug-likeness (QED) is 0.587. The highest BCUT2D eigenvalue weighted by molar-refractivity contribution is 5.84. The summed E-state index contributed by atoms with van der Waals surface area (Å²) in [5.41, 5.74) is 0.827. The second kappa shape index (κ2) is 9.55. The van der Waals surface area contributed by atoms with Gasteiger partial charge in [-0.1, -0.05) is 37.3 Å². The van der Waals surface area contributed by atoms with Crippen molar-refractivity contribution in [1.82, 2.24) is 5.32 Å². The molecule has 1 rings (SSSR count). The normalized spacial score (nSPS) is 12.8. The number of carbonyl (C=O) groups is 3. The topological polar surface area (TPSA) is 81.7 Å². The Morgan fingerprint density at radius 3 is 2.41 bits per heavy atom. The van der Waals surface area contributed by atoms with Crippen LogP contribution in [0.2, 0.25) is 0 Å². The summed E-state index contributed by atoms with van der Waals surface area (Å²) in [5, 5.41) is 2.41. The molecule has 0 aliphatic heterocycles. The number of carbonyl (C=O) groups excluding carboxylic acids is 3. The van der Waals surface area contributed by atoms with Gasteiger partial charge in [-0.15, -0.1) is 0 Å². The summed E-state index contributed by atoms with van der Waals surface area (Å²) in [4.78, 5) is 34.7. The van der Waals surface area contributed by atoms with Crippen LogP contribution < -0.4 is 5.32 Å². The molecule has 1 amide bonds. The van der Waals surface area contributed by atoms with Crippen molar-refractivity contribution in [3.63, 3.8) is 0 Å². The van der Waals surface area contributed by atoms with E-state index in [2.05, 4.69) is 5.32 Å². The SMILES string of the molecule is CCOC(=O)[C@@H](NC(=O)OCc1ccccc1)[C@H](C=O)CC. The molecule has 6 nitrogen and oxygen atoms in total. The van der Waals surface area contributed by atoms with Crippen molar-refractivity contribution < 1.29 is 23.9 Å². The number of hydrogen-bond donors (Lipinski definition) is 1. The first-order valence-corrected chi connectivity index (χ1v) is 7.21. The highest BCUT2D eigenvalue weighted by Crippen LogP contribution is 2.09. The van der Waals surface area contributed by atoms with Gasteiger partial charge in [0.05, 0.1) is 6.61 Å². The number of aldehydes is 1. The van der Waals surface area contributed by atoms with Gasteiger partial charge >= 0.3 is 12.1 Å². The molecule has 6 heteroatoms. The van der Waals surface area contributed by atoms with Crippen molar-refractivity contribution in [2.75, 3.05) is 6.61 Å². The number of rotatable bonds is 8. The minimum atomic E-state index is -1.04. The Balaban J connectivity index is 2.61. The molecule has 0 bridgehead atoms. The fourth-order valence-corrected chi connectivity index (χ4v) is 1.88. The van der Waals surface area contributed by atoms with Crippen LogP contribution in [0.3, 0.4) is 0 Å². The van der Waals surface area contributed by atoms with Crippen molar-refractivity contribution in [2.45, 2.75) is 32.9 Å². The van der Waals surface area contributed by atoms with Crippen molar-refractivity contribution in [2.24, 2.45) is 5.92 Å². The molecular formula is C16H21NO5. The van der Waals surface area contributed by atoms with Crippen LogP contribution in [-0.4, -0.2) is 31.0 Å². The van der Waals surface area contributed by atoms with E-state index in [0.29, 0.717) is 12.7 Å². The number of ether oxygens (including phenoxy) is 2. The van der Waals surface area contributed by atoms with Gasteiger partial charge in [-0.2, -0.15) is 0 Å². The molecule has 0 unspecified atom stereocenters. The summed E-state index contributed by atoms with van der Waals surface area (Å²) in [6.45, 7) is 3.66. The number of hydrogen-bond acceptors (Lipinski definition) is 5. The van der Waals surface area contributed by atoms with Crippen LogP contribution in [0.1, 0.15) is 25.8 Å². The Kier molecular flexibility index (Phi) is 7.67. The molecule has 0 saturated carbocycles. The lowest BCUT2D eigenvalue weighted by molar-refractivity contribution is -0.148. The van der Waals surface area contributed by atoms with Crippen LogP contribution in [0, 0.1) is 5.92 Å². The summed E-state index contributed by atoms with van der Waals surface area (Å²) in [6, 6.07) is 8.11. The summed E-state index contributed by atoms with van der Waals surface area (Å²) in [5.74, 6) is -1.29. The Labute approximate surface area is 129 Å². The molecule has 1 aromatic rings. The molecular weight excluding hydrogens is 286 g/mol. The molecule has 1 N–H and O–H groups in total. The molecule has 2 atom stereocenters. The summed E-state index contributed by atoms with van der Waals surface area (Å²) in [6.07, 6.45) is 0.285. The highest BCUT2D eigenvalue weighted by Gasteiger charge is 2.30. The molecule has 0 radical (unpaired) electrons. The molecule has 0 aliphatic carbocycles. The van der Waals surface area contributed by atoms with E-state index in [0.717, 1.165) is 5.56 Å². The van der Waals surface area contributed by atoms with Gasteiger partial charge in [-0.3, -0.25) is 0 Å². The number of amides is 1. The van der Waals surface area contributed by atoms with E-state index in [1.807, 2.05) is 30.3 Å². The smallest absolute Gasteiger partial charge is 0.408 e. The minimum Gasteiger partial charge on any atom is -0.464 e. The van der Waals surface area contributed by atoms with E-state index in [-0.39, 0.29) is 13.2 Å². The largest absolute Gasteiger partial charge is 0.464 e. The van der Waals surface area contributed by atoms with Gasteiger partial charge in [0.15, 0.2) is 0 Å². The zero-order valence-electron chi connectivity index (χ0n) is 12.8. The fourth-order valence-electron chi connectivity index (χ4n) is 1.88. The average Bonchev–Trinajstić information content (AvgIpc) is 2.54. The van der Waals surface area contributed by atoms with E-state index in [4.69, 9.17) is 9.47 Å². The van der Waals surface area contributed by atoms with Gasteiger partial charge in [-0.05, 0) is 18.9 Å². The van der Waals surface area contributed by atoms with E-state index in [1.165, 1.54) is 0 Å². The maximum Gasteiger partial charge on any atom is 0.408 e. The van der Waals surface area contributed by atoms with Crippen molar-refractivity contribution in [3.8, 4) is 0 Å². The summed E-state index contributed by atoms with van der Waals surface area (Å²) in [7, 11) is 0. The Hall–Kier alpha value is -2.37. The third-order valence-corrected chi connectivity index (χ3v) is 3.10. The molecule has 0 aliphatic rings. The number of alkyl carbamates (subject to hydrolysis) is 1. The Bertz CT molecular complexity index is 489. The average molecular weight is 307 g/mol. The van der Waals surface area contributed by atoms with E-state index < -0.39 is 24.0 Å². The van der Waals surface area contributed by atoms with Crippen LogP contribution >= 0.6 is 0 Å². The molecule has 1 aromatic carbocycles. The van der Waals surface area contributed by atoms with Crippen molar-refractivity contribution in [1.29, 1.82) is 0 Å². The van der Waals surface area contributed by atoms with E-state index in [9.17, 15) is 14.4 Å². The maximum absolute atomic E-state index is 11.9. The summed E-state index contributed by atoms with van der Waals surface area (Å²) >= 11 is 0. The van der Waals surface area contributed by atoms with Gasteiger partial charge in [-0.25, -0.2) is 9.59 Å². The zero-order valence-corrected chi connectivity index (χ0v) is 12.8. The lowest BCUT2D eigenvalue weighted by Gasteiger charge is -2.21. The lowest BCUT2D eigenvalue weighted by atomic mass is 9.99. The highest BCUT2D eigenvalue weighted by atomic mass is 16.6. The molecule has 0 aromatic heterocycles. The number of nitrogens with one attached hydrogen (secondary N) is 1. The Morgan fingerprint density at radius 1 is 1.18 bits per heavy atom. The van der Waals surface area contributed by atoms with Crippen LogP contribution in [-0.2, 0) is 25.7 Å². The van der Waals surface area contributed by atoms with Gasteiger partial charge in [0.25, 0.3) is 0 Å². The second-order valence-corrected chi connectivity index (χ2v) is 4.64. The number of esters is 1. The van der Waals surface area contributed by atoms with Gasteiger partial charge < -0.3 is 19.6 Å². The zero-order chi connectivity index (χ0) is 16.4. The predicted octanol–water partition coefficient (Wildman–Crippen LogP) is 2.07. The maximum atomic E-state index is 11.9. The monoisotopic (exact) mass is 307 g/mol. The minimum absolute atomic E-state index is 0.0834. The Morgan fingerprint density at radius 2 is 1.86 bits per heavy atom. The molecule has 0 fully saturated rings. The first kappa shape index (κ1) is 17.7. The van der Waals surface area contributed by atoms with E-state index in [1.54, 1.807) is 13.8 Å². The molecule has 22 heavy (non-hydrogen) atoms. The molecule has 0 spiro atoms. The molecule has 120 valence electrons. The van der Waals surface area contributed by atoms with Gasteiger partial charge in [0.1, 0.15) is 18.9 Å².